The molecule has 0 radical (unpaired) electrons. The van der Waals surface area contributed by atoms with Crippen LogP contribution in [0.4, 0.5) is 11.4 Å². The van der Waals surface area contributed by atoms with E-state index in [1.165, 1.54) is 60.8 Å². The second-order valence-electron chi connectivity index (χ2n) is 12.9. The van der Waals surface area contributed by atoms with Gasteiger partial charge in [-0.3, -0.25) is 29.1 Å². The highest BCUT2D eigenvalue weighted by Crippen LogP contribution is 2.54. The summed E-state index contributed by atoms with van der Waals surface area (Å²) in [6.45, 7) is 5.41. The first-order valence-electron chi connectivity index (χ1n) is 17.0. The summed E-state index contributed by atoms with van der Waals surface area (Å²) in [5.74, 6) is -1.02. The highest BCUT2D eigenvalue weighted by molar-refractivity contribution is 5.97. The quantitative estimate of drug-likeness (QED) is 0.150. The number of amides is 2. The summed E-state index contributed by atoms with van der Waals surface area (Å²) in [6, 6.07) is 13.4. The zero-order chi connectivity index (χ0) is 33.1. The van der Waals surface area contributed by atoms with Crippen molar-refractivity contribution in [2.75, 3.05) is 23.3 Å². The molecule has 2 atom stereocenters. The van der Waals surface area contributed by atoms with E-state index >= 15 is 0 Å². The molecule has 1 aromatic heterocycles. The number of likely N-dealkylation sites (tertiary alicyclic amines) is 1. The number of rotatable bonds is 11. The number of hydrogen-bond donors (Lipinski definition) is 1. The molecule has 6 rings (SSSR count). The standard InChI is InChI=1S/C37H44N4O6/c1-24(42)40-22-20-37(47-26(3)44)30-23-27(18-19-33(30)41(25(2)43)36(37)40)46-34(45)17-7-5-4-6-12-21-38-35-28-13-8-10-15-31(28)39-32-16-11-9-14-29(32)35/h8,10,13,15,18-19,23,36H,4-7,9,11-12,14,16-17,20-22H2,1-3H3,(H,38,39)/t36-,37-/m1/s1. The van der Waals surface area contributed by atoms with E-state index in [1.54, 1.807) is 23.1 Å². The molecule has 10 heteroatoms. The summed E-state index contributed by atoms with van der Waals surface area (Å²) in [7, 11) is 0. The van der Waals surface area contributed by atoms with E-state index in [2.05, 4.69) is 23.5 Å². The molecule has 1 fully saturated rings. The van der Waals surface area contributed by atoms with Gasteiger partial charge in [0.25, 0.3) is 0 Å². The van der Waals surface area contributed by atoms with E-state index in [-0.39, 0.29) is 17.8 Å². The zero-order valence-electron chi connectivity index (χ0n) is 27.6. The van der Waals surface area contributed by atoms with E-state index in [9.17, 15) is 19.2 Å². The molecular weight excluding hydrogens is 596 g/mol. The van der Waals surface area contributed by atoms with Crippen molar-refractivity contribution in [3.63, 3.8) is 0 Å². The Morgan fingerprint density at radius 1 is 0.936 bits per heavy atom. The van der Waals surface area contributed by atoms with Crippen LogP contribution in [-0.4, -0.2) is 52.9 Å². The number of unbranched alkanes of at least 4 members (excludes halogenated alkanes) is 4. The molecule has 2 amide bonds. The largest absolute Gasteiger partial charge is 0.450 e. The van der Waals surface area contributed by atoms with Crippen molar-refractivity contribution in [2.45, 2.75) is 103 Å². The number of esters is 2. The first-order chi connectivity index (χ1) is 22.7. The highest BCUT2D eigenvalue weighted by Gasteiger charge is 2.62. The molecule has 248 valence electrons. The molecule has 3 aliphatic rings. The first-order valence-corrected chi connectivity index (χ1v) is 17.0. The van der Waals surface area contributed by atoms with Gasteiger partial charge in [-0.2, -0.15) is 0 Å². The molecule has 2 aromatic carbocycles. The second-order valence-corrected chi connectivity index (χ2v) is 12.9. The number of aromatic nitrogens is 1. The van der Waals surface area contributed by atoms with Crippen LogP contribution in [0.15, 0.2) is 42.5 Å². The predicted molar refractivity (Wildman–Crippen MR) is 179 cm³/mol. The van der Waals surface area contributed by atoms with Gasteiger partial charge in [-0.25, -0.2) is 0 Å². The van der Waals surface area contributed by atoms with E-state index in [1.807, 2.05) is 6.07 Å². The maximum Gasteiger partial charge on any atom is 0.311 e. The average molecular weight is 641 g/mol. The SMILES string of the molecule is CC(=O)O[C@@]12CCN(C(C)=O)[C@@H]1N(C(C)=O)c1ccc(OC(=O)CCCCCCCNc3c4c(nc5ccccc35)CCCC4)cc12. The van der Waals surface area contributed by atoms with Gasteiger partial charge in [-0.1, -0.05) is 37.5 Å². The number of carbonyl (C=O) groups is 4. The fraction of sp³-hybridized carbons (Fsp3) is 0.486. The number of anilines is 2. The molecule has 10 nitrogen and oxygen atoms in total. The number of pyridine rings is 1. The molecule has 3 heterocycles. The van der Waals surface area contributed by atoms with Crippen molar-refractivity contribution in [3.05, 3.63) is 59.3 Å². The Balaban J connectivity index is 0.999. The summed E-state index contributed by atoms with van der Waals surface area (Å²) >= 11 is 0. The van der Waals surface area contributed by atoms with Gasteiger partial charge in [0, 0.05) is 69.0 Å². The van der Waals surface area contributed by atoms with Gasteiger partial charge in [-0.05, 0) is 68.4 Å². The summed E-state index contributed by atoms with van der Waals surface area (Å²) in [5.41, 5.74) is 4.83. The van der Waals surface area contributed by atoms with Crippen molar-refractivity contribution in [1.82, 2.24) is 9.88 Å². The minimum absolute atomic E-state index is 0.216. The smallest absolute Gasteiger partial charge is 0.311 e. The maximum atomic E-state index is 12.8. The van der Waals surface area contributed by atoms with Crippen LogP contribution in [0.25, 0.3) is 10.9 Å². The highest BCUT2D eigenvalue weighted by atomic mass is 16.6. The Kier molecular flexibility index (Phi) is 9.47. The van der Waals surface area contributed by atoms with Crippen LogP contribution in [0.1, 0.15) is 95.4 Å². The van der Waals surface area contributed by atoms with Crippen LogP contribution in [0.5, 0.6) is 5.75 Å². The number of nitrogens with one attached hydrogen (secondary N) is 1. The third-order valence-electron chi connectivity index (χ3n) is 9.69. The average Bonchev–Trinajstić information content (AvgIpc) is 3.53. The van der Waals surface area contributed by atoms with E-state index < -0.39 is 17.7 Å². The first kappa shape index (κ1) is 32.5. The number of nitrogens with zero attached hydrogens (tertiary/aromatic N) is 3. The van der Waals surface area contributed by atoms with Gasteiger partial charge >= 0.3 is 11.9 Å². The molecule has 2 aliphatic heterocycles. The van der Waals surface area contributed by atoms with Crippen molar-refractivity contribution < 1.29 is 28.7 Å². The minimum Gasteiger partial charge on any atom is -0.450 e. The van der Waals surface area contributed by atoms with Gasteiger partial charge in [0.1, 0.15) is 5.75 Å². The van der Waals surface area contributed by atoms with E-state index in [4.69, 9.17) is 14.5 Å². The van der Waals surface area contributed by atoms with Gasteiger partial charge in [-0.15, -0.1) is 0 Å². The van der Waals surface area contributed by atoms with E-state index in [0.717, 1.165) is 57.0 Å². The zero-order valence-corrected chi connectivity index (χ0v) is 27.6. The van der Waals surface area contributed by atoms with Crippen LogP contribution in [-0.2, 0) is 42.4 Å². The molecule has 0 bridgehead atoms. The van der Waals surface area contributed by atoms with E-state index in [0.29, 0.717) is 36.4 Å². The second kappa shape index (κ2) is 13.7. The number of fused-ring (bicyclic) bond motifs is 5. The van der Waals surface area contributed by atoms with Crippen LogP contribution >= 0.6 is 0 Å². The number of benzene rings is 2. The van der Waals surface area contributed by atoms with Crippen LogP contribution in [0.3, 0.4) is 0 Å². The van der Waals surface area contributed by atoms with Gasteiger partial charge in [0.05, 0.1) is 11.2 Å². The fourth-order valence-corrected chi connectivity index (χ4v) is 7.65. The topological polar surface area (TPSA) is 118 Å². The molecule has 0 unspecified atom stereocenters. The van der Waals surface area contributed by atoms with Crippen molar-refractivity contribution in [3.8, 4) is 5.75 Å². The van der Waals surface area contributed by atoms with Gasteiger partial charge in [0.2, 0.25) is 11.8 Å². The lowest BCUT2D eigenvalue weighted by atomic mass is 9.92. The lowest BCUT2D eigenvalue weighted by molar-refractivity contribution is -0.162. The van der Waals surface area contributed by atoms with Crippen molar-refractivity contribution in [2.24, 2.45) is 0 Å². The Morgan fingerprint density at radius 3 is 2.49 bits per heavy atom. The van der Waals surface area contributed by atoms with Gasteiger partial charge < -0.3 is 19.7 Å². The Labute approximate surface area is 275 Å². The summed E-state index contributed by atoms with van der Waals surface area (Å²) < 4.78 is 11.6. The van der Waals surface area contributed by atoms with Crippen LogP contribution in [0.2, 0.25) is 0 Å². The summed E-state index contributed by atoms with van der Waals surface area (Å²) in [6.07, 6.45) is 9.20. The predicted octanol–water partition coefficient (Wildman–Crippen LogP) is 6.17. The summed E-state index contributed by atoms with van der Waals surface area (Å²) in [5, 5.41) is 4.93. The third-order valence-corrected chi connectivity index (χ3v) is 9.69. The lowest BCUT2D eigenvalue weighted by Gasteiger charge is -2.35. The Morgan fingerprint density at radius 2 is 1.70 bits per heavy atom. The van der Waals surface area contributed by atoms with Crippen molar-refractivity contribution in [1.29, 1.82) is 0 Å². The molecule has 0 spiro atoms. The number of carbonyl (C=O) groups excluding carboxylic acids is 4. The minimum atomic E-state index is -1.22. The van der Waals surface area contributed by atoms with Gasteiger partial charge in [0.15, 0.2) is 11.8 Å². The lowest BCUT2D eigenvalue weighted by Crippen LogP contribution is -2.54. The number of para-hydroxylation sites is 1. The number of aryl methyl sites for hydroxylation is 1. The molecule has 3 aromatic rings. The fourth-order valence-electron chi connectivity index (χ4n) is 7.65. The molecule has 0 saturated carbocycles. The van der Waals surface area contributed by atoms with Crippen molar-refractivity contribution >= 4 is 46.0 Å². The number of hydrogen-bond acceptors (Lipinski definition) is 8. The Bertz CT molecular complexity index is 1710. The van der Waals surface area contributed by atoms with Crippen LogP contribution < -0.4 is 15.0 Å². The normalized spacial score (nSPS) is 19.6. The Hall–Kier alpha value is -4.47. The third kappa shape index (κ3) is 6.42. The monoisotopic (exact) mass is 640 g/mol. The molecular formula is C37H44N4O6. The molecule has 1 saturated heterocycles. The maximum absolute atomic E-state index is 12.8. The molecule has 1 N–H and O–H groups in total. The number of ether oxygens (including phenoxy) is 2. The molecule has 1 aliphatic carbocycles. The van der Waals surface area contributed by atoms with Crippen LogP contribution in [0, 0.1) is 0 Å². The molecule has 47 heavy (non-hydrogen) atoms. The summed E-state index contributed by atoms with van der Waals surface area (Å²) in [4.78, 5) is 58.2.